The first-order valence-electron chi connectivity index (χ1n) is 10.4. The quantitative estimate of drug-likeness (QED) is 0.573. The normalized spacial score (nSPS) is 24.3. The Labute approximate surface area is 189 Å². The molecule has 0 unspecified atom stereocenters. The first-order valence-corrected chi connectivity index (χ1v) is 11.2. The van der Waals surface area contributed by atoms with Crippen LogP contribution in [0, 0.1) is 0 Å². The number of nitrogens with one attached hydrogen (secondary N) is 1. The molecule has 1 aromatic carbocycles. The third-order valence-corrected chi connectivity index (χ3v) is 6.48. The van der Waals surface area contributed by atoms with Crippen LogP contribution in [0.5, 0.6) is 11.8 Å². The number of carbonyl (C=O) groups excluding carboxylic acids is 1. The predicted octanol–water partition coefficient (Wildman–Crippen LogP) is 1.66. The van der Waals surface area contributed by atoms with Crippen molar-refractivity contribution in [2.75, 3.05) is 32.2 Å². The number of hydrogen-bond acceptors (Lipinski definition) is 9. The van der Waals surface area contributed by atoms with Crippen molar-refractivity contribution in [2.24, 2.45) is 0 Å². The molecule has 2 saturated heterocycles. The van der Waals surface area contributed by atoms with Crippen molar-refractivity contribution in [3.05, 3.63) is 46.7 Å². The highest BCUT2D eigenvalue weighted by Crippen LogP contribution is 2.36. The van der Waals surface area contributed by atoms with Crippen LogP contribution in [-0.2, 0) is 20.7 Å². The first kappa shape index (κ1) is 20.9. The van der Waals surface area contributed by atoms with E-state index in [0.717, 1.165) is 10.6 Å². The SMILES string of the molecule is CN(C)c1cccc(Oc2nnnn2[C@H]2CO[C@H]3[C@@H]2OC[C@@H]3NC(=O)Cc2cccs2)c1. The molecule has 1 N–H and O–H groups in total. The van der Waals surface area contributed by atoms with E-state index in [1.807, 2.05) is 60.8 Å². The van der Waals surface area contributed by atoms with Gasteiger partial charge in [-0.2, -0.15) is 4.68 Å². The molecule has 10 nitrogen and oxygen atoms in total. The van der Waals surface area contributed by atoms with Crippen LogP contribution >= 0.6 is 11.3 Å². The number of amides is 1. The highest BCUT2D eigenvalue weighted by atomic mass is 32.1. The average molecular weight is 457 g/mol. The van der Waals surface area contributed by atoms with E-state index < -0.39 is 0 Å². The van der Waals surface area contributed by atoms with Gasteiger partial charge in [-0.1, -0.05) is 17.2 Å². The lowest BCUT2D eigenvalue weighted by atomic mass is 10.1. The number of ether oxygens (including phenoxy) is 3. The van der Waals surface area contributed by atoms with Crippen molar-refractivity contribution in [1.29, 1.82) is 0 Å². The molecule has 0 saturated carbocycles. The Morgan fingerprint density at radius 3 is 2.94 bits per heavy atom. The van der Waals surface area contributed by atoms with Crippen LogP contribution in [0.1, 0.15) is 10.9 Å². The highest BCUT2D eigenvalue weighted by Gasteiger charge is 2.50. The maximum Gasteiger partial charge on any atom is 0.341 e. The van der Waals surface area contributed by atoms with Crippen LogP contribution in [0.15, 0.2) is 41.8 Å². The van der Waals surface area contributed by atoms with Gasteiger partial charge >= 0.3 is 6.01 Å². The lowest BCUT2D eigenvalue weighted by Crippen LogP contribution is -2.44. The van der Waals surface area contributed by atoms with E-state index >= 15 is 0 Å². The van der Waals surface area contributed by atoms with E-state index in [2.05, 4.69) is 20.8 Å². The Hall–Kier alpha value is -3.02. The van der Waals surface area contributed by atoms with Crippen molar-refractivity contribution in [3.8, 4) is 11.8 Å². The number of tetrazole rings is 1. The molecule has 2 aliphatic heterocycles. The van der Waals surface area contributed by atoms with Gasteiger partial charge in [-0.25, -0.2) is 0 Å². The Bertz CT molecular complexity index is 1070. The molecule has 2 aliphatic rings. The maximum atomic E-state index is 12.4. The van der Waals surface area contributed by atoms with Gasteiger partial charge in [0.1, 0.15) is 24.0 Å². The van der Waals surface area contributed by atoms with Crippen LogP contribution < -0.4 is 15.0 Å². The van der Waals surface area contributed by atoms with Gasteiger partial charge in [0.05, 0.1) is 25.7 Å². The third-order valence-electron chi connectivity index (χ3n) is 5.61. The van der Waals surface area contributed by atoms with E-state index in [0.29, 0.717) is 25.4 Å². The zero-order valence-corrected chi connectivity index (χ0v) is 18.6. The van der Waals surface area contributed by atoms with Crippen molar-refractivity contribution in [2.45, 2.75) is 30.7 Å². The number of aromatic nitrogens is 4. The van der Waals surface area contributed by atoms with E-state index in [1.54, 1.807) is 16.0 Å². The number of fused-ring (bicyclic) bond motifs is 1. The number of thiophene rings is 1. The zero-order valence-electron chi connectivity index (χ0n) is 17.7. The van der Waals surface area contributed by atoms with Gasteiger partial charge in [-0.3, -0.25) is 4.79 Å². The highest BCUT2D eigenvalue weighted by molar-refractivity contribution is 7.10. The summed E-state index contributed by atoms with van der Waals surface area (Å²) in [6, 6.07) is 11.4. The van der Waals surface area contributed by atoms with Gasteiger partial charge in [0.25, 0.3) is 0 Å². The number of hydrogen-bond donors (Lipinski definition) is 1. The summed E-state index contributed by atoms with van der Waals surface area (Å²) < 4.78 is 19.6. The van der Waals surface area contributed by atoms with E-state index in [-0.39, 0.29) is 36.2 Å². The first-order chi connectivity index (χ1) is 15.6. The molecule has 1 amide bonds. The van der Waals surface area contributed by atoms with Crippen LogP contribution in [0.25, 0.3) is 0 Å². The average Bonchev–Trinajstić information content (AvgIpc) is 3.55. The zero-order chi connectivity index (χ0) is 22.1. The third kappa shape index (κ3) is 4.18. The van der Waals surface area contributed by atoms with Crippen LogP contribution in [0.3, 0.4) is 0 Å². The largest absolute Gasteiger partial charge is 0.423 e. The predicted molar refractivity (Wildman–Crippen MR) is 117 cm³/mol. The van der Waals surface area contributed by atoms with Crippen LogP contribution in [-0.4, -0.2) is 71.7 Å². The number of carbonyl (C=O) groups is 1. The molecule has 11 heteroatoms. The summed E-state index contributed by atoms with van der Waals surface area (Å²) in [6.07, 6.45) is -0.186. The molecule has 0 radical (unpaired) electrons. The molecule has 0 bridgehead atoms. The second-order valence-electron chi connectivity index (χ2n) is 7.99. The molecule has 0 spiro atoms. The van der Waals surface area contributed by atoms with Crippen molar-refractivity contribution >= 4 is 22.9 Å². The second-order valence-corrected chi connectivity index (χ2v) is 9.03. The summed E-state index contributed by atoms with van der Waals surface area (Å²) in [7, 11) is 3.93. The fraction of sp³-hybridized carbons (Fsp3) is 0.429. The fourth-order valence-corrected chi connectivity index (χ4v) is 4.74. The Balaban J connectivity index is 1.25. The van der Waals surface area contributed by atoms with E-state index in [4.69, 9.17) is 14.2 Å². The van der Waals surface area contributed by atoms with Crippen molar-refractivity contribution in [1.82, 2.24) is 25.5 Å². The summed E-state index contributed by atoms with van der Waals surface area (Å²) in [6.45, 7) is 0.747. The monoisotopic (exact) mass is 456 g/mol. The Morgan fingerprint density at radius 1 is 1.25 bits per heavy atom. The summed E-state index contributed by atoms with van der Waals surface area (Å²) >= 11 is 1.57. The molecule has 2 aromatic heterocycles. The minimum atomic E-state index is -0.277. The molecule has 5 rings (SSSR count). The molecular formula is C21H24N6O4S. The van der Waals surface area contributed by atoms with Gasteiger partial charge < -0.3 is 24.4 Å². The molecule has 3 aromatic rings. The molecular weight excluding hydrogens is 432 g/mol. The smallest absolute Gasteiger partial charge is 0.341 e. The lowest BCUT2D eigenvalue weighted by Gasteiger charge is -2.18. The molecule has 0 aliphatic carbocycles. The summed E-state index contributed by atoms with van der Waals surface area (Å²) in [5, 5.41) is 17.0. The standard InChI is InChI=1S/C21H24N6O4S/c1-26(2)13-5-3-6-14(9-13)31-21-23-24-25-27(21)17-12-30-19-16(11-29-20(17)19)22-18(28)10-15-7-4-8-32-15/h3-9,16-17,19-20H,10-12H2,1-2H3,(H,22,28)/t16-,17-,19+,20+/m0/s1. The van der Waals surface area contributed by atoms with Gasteiger partial charge in [-0.15, -0.1) is 11.3 Å². The Kier molecular flexibility index (Phi) is 5.77. The summed E-state index contributed by atoms with van der Waals surface area (Å²) in [5.74, 6) is 0.592. The summed E-state index contributed by atoms with van der Waals surface area (Å²) in [5.41, 5.74) is 1.01. The topological polar surface area (TPSA) is 104 Å². The van der Waals surface area contributed by atoms with Gasteiger partial charge in [0, 0.05) is 30.7 Å². The molecule has 32 heavy (non-hydrogen) atoms. The van der Waals surface area contributed by atoms with Crippen molar-refractivity contribution in [3.63, 3.8) is 0 Å². The summed E-state index contributed by atoms with van der Waals surface area (Å²) in [4.78, 5) is 15.4. The second kappa shape index (κ2) is 8.85. The maximum absolute atomic E-state index is 12.4. The molecule has 2 fully saturated rings. The van der Waals surface area contributed by atoms with Crippen LogP contribution in [0.4, 0.5) is 5.69 Å². The van der Waals surface area contributed by atoms with Gasteiger partial charge in [0.15, 0.2) is 0 Å². The van der Waals surface area contributed by atoms with Crippen molar-refractivity contribution < 1.29 is 19.0 Å². The minimum absolute atomic E-state index is 0.0408. The Morgan fingerprint density at radius 2 is 2.12 bits per heavy atom. The van der Waals surface area contributed by atoms with E-state index in [1.165, 1.54) is 0 Å². The lowest BCUT2D eigenvalue weighted by molar-refractivity contribution is -0.121. The van der Waals surface area contributed by atoms with Crippen LogP contribution in [0.2, 0.25) is 0 Å². The van der Waals surface area contributed by atoms with Gasteiger partial charge in [-0.05, 0) is 34.0 Å². The number of benzene rings is 1. The molecule has 168 valence electrons. The molecule has 4 atom stereocenters. The number of rotatable bonds is 7. The fourth-order valence-electron chi connectivity index (χ4n) is 4.03. The number of nitrogens with zero attached hydrogens (tertiary/aromatic N) is 5. The molecule has 4 heterocycles. The number of anilines is 1. The van der Waals surface area contributed by atoms with Gasteiger partial charge in [0.2, 0.25) is 5.91 Å². The minimum Gasteiger partial charge on any atom is -0.423 e. The van der Waals surface area contributed by atoms with E-state index in [9.17, 15) is 4.79 Å².